The van der Waals surface area contributed by atoms with Crippen molar-refractivity contribution in [2.24, 2.45) is 7.05 Å². The predicted octanol–water partition coefficient (Wildman–Crippen LogP) is 0.281. The first-order chi connectivity index (χ1) is 7.15. The van der Waals surface area contributed by atoms with E-state index in [0.717, 1.165) is 0 Å². The van der Waals surface area contributed by atoms with Crippen LogP contribution in [0, 0.1) is 0 Å². The van der Waals surface area contributed by atoms with Gasteiger partial charge in [0.05, 0.1) is 19.8 Å². The van der Waals surface area contributed by atoms with Crippen LogP contribution in [0.4, 0.5) is 0 Å². The normalized spacial score (nSPS) is 10.5. The summed E-state index contributed by atoms with van der Waals surface area (Å²) in [5, 5.41) is 12.8. The summed E-state index contributed by atoms with van der Waals surface area (Å²) in [5.74, 6) is -0.992. The maximum absolute atomic E-state index is 10.8. The van der Waals surface area contributed by atoms with E-state index in [9.17, 15) is 4.79 Å². The fraction of sp³-hybridized carbons (Fsp3) is 0.556. The molecule has 0 unspecified atom stereocenters. The molecule has 1 N–H and O–H groups in total. The van der Waals surface area contributed by atoms with Crippen LogP contribution < -0.4 is 0 Å². The Kier molecular flexibility index (Phi) is 4.26. The summed E-state index contributed by atoms with van der Waals surface area (Å²) in [6.07, 6.45) is 1.46. The minimum absolute atomic E-state index is 0.176. The van der Waals surface area contributed by atoms with Crippen molar-refractivity contribution in [2.75, 3.05) is 20.3 Å². The molecule has 0 aliphatic carbocycles. The summed E-state index contributed by atoms with van der Waals surface area (Å²) in [6.45, 7) is 1.09. The van der Waals surface area contributed by atoms with Crippen LogP contribution in [0.2, 0.25) is 0 Å². The number of ether oxygens (including phenoxy) is 2. The Morgan fingerprint density at radius 3 is 2.93 bits per heavy atom. The number of carboxylic acids is 1. The van der Waals surface area contributed by atoms with Gasteiger partial charge in [-0.3, -0.25) is 4.68 Å². The number of hydrogen-bond acceptors (Lipinski definition) is 4. The highest BCUT2D eigenvalue weighted by Gasteiger charge is 2.13. The van der Waals surface area contributed by atoms with Crippen molar-refractivity contribution in [1.29, 1.82) is 0 Å². The van der Waals surface area contributed by atoms with Gasteiger partial charge >= 0.3 is 5.97 Å². The zero-order valence-corrected chi connectivity index (χ0v) is 8.77. The molecule has 0 aliphatic rings. The van der Waals surface area contributed by atoms with Gasteiger partial charge in [-0.1, -0.05) is 0 Å². The van der Waals surface area contributed by atoms with Crippen LogP contribution in [0.3, 0.4) is 0 Å². The van der Waals surface area contributed by atoms with E-state index in [0.29, 0.717) is 18.9 Å². The average Bonchev–Trinajstić information content (AvgIpc) is 2.55. The number of carbonyl (C=O) groups is 1. The van der Waals surface area contributed by atoms with Crippen LogP contribution in [0.25, 0.3) is 0 Å². The Hall–Kier alpha value is -1.40. The molecule has 0 saturated heterocycles. The number of aryl methyl sites for hydroxylation is 1. The Bertz CT molecular complexity index is 335. The Morgan fingerprint density at radius 1 is 1.60 bits per heavy atom. The summed E-state index contributed by atoms with van der Waals surface area (Å²) in [4.78, 5) is 10.8. The van der Waals surface area contributed by atoms with Crippen LogP contribution in [-0.2, 0) is 23.1 Å². The lowest BCUT2D eigenvalue weighted by Gasteiger charge is -2.01. The molecule has 0 aliphatic heterocycles. The van der Waals surface area contributed by atoms with E-state index >= 15 is 0 Å². The number of aromatic nitrogens is 2. The molecule has 6 heteroatoms. The minimum atomic E-state index is -0.992. The van der Waals surface area contributed by atoms with Gasteiger partial charge in [0, 0.05) is 20.4 Å². The zero-order chi connectivity index (χ0) is 11.3. The quantitative estimate of drug-likeness (QED) is 0.688. The van der Waals surface area contributed by atoms with Gasteiger partial charge in [-0.15, -0.1) is 0 Å². The molecule has 84 valence electrons. The fourth-order valence-electron chi connectivity index (χ4n) is 1.13. The van der Waals surface area contributed by atoms with Gasteiger partial charge in [-0.25, -0.2) is 4.79 Å². The molecule has 0 spiro atoms. The monoisotopic (exact) mass is 214 g/mol. The van der Waals surface area contributed by atoms with Crippen LogP contribution in [0.1, 0.15) is 16.1 Å². The molecule has 6 nitrogen and oxygen atoms in total. The first-order valence-electron chi connectivity index (χ1n) is 4.47. The lowest BCUT2D eigenvalue weighted by atomic mass is 10.2. The SMILES string of the molecule is COCCOCc1nn(C)cc1C(=O)O. The van der Waals surface area contributed by atoms with Crippen molar-refractivity contribution in [1.82, 2.24) is 9.78 Å². The fourth-order valence-corrected chi connectivity index (χ4v) is 1.13. The van der Waals surface area contributed by atoms with Gasteiger partial charge < -0.3 is 14.6 Å². The van der Waals surface area contributed by atoms with E-state index in [-0.39, 0.29) is 12.2 Å². The van der Waals surface area contributed by atoms with Crippen molar-refractivity contribution in [3.63, 3.8) is 0 Å². The molecule has 0 fully saturated rings. The van der Waals surface area contributed by atoms with Crippen LogP contribution >= 0.6 is 0 Å². The lowest BCUT2D eigenvalue weighted by molar-refractivity contribution is 0.0576. The average molecular weight is 214 g/mol. The van der Waals surface area contributed by atoms with E-state index in [2.05, 4.69) is 5.10 Å². The van der Waals surface area contributed by atoms with Crippen molar-refractivity contribution in [3.8, 4) is 0 Å². The van der Waals surface area contributed by atoms with Crippen molar-refractivity contribution in [3.05, 3.63) is 17.5 Å². The largest absolute Gasteiger partial charge is 0.478 e. The van der Waals surface area contributed by atoms with E-state index in [4.69, 9.17) is 14.6 Å². The first kappa shape index (κ1) is 11.7. The minimum Gasteiger partial charge on any atom is -0.478 e. The second-order valence-electron chi connectivity index (χ2n) is 3.01. The van der Waals surface area contributed by atoms with E-state index < -0.39 is 5.97 Å². The molecular weight excluding hydrogens is 200 g/mol. The molecule has 0 saturated carbocycles. The van der Waals surface area contributed by atoms with Gasteiger partial charge in [-0.2, -0.15) is 5.10 Å². The van der Waals surface area contributed by atoms with Gasteiger partial charge in [0.1, 0.15) is 11.3 Å². The second-order valence-corrected chi connectivity index (χ2v) is 3.01. The molecule has 0 aromatic carbocycles. The third kappa shape index (κ3) is 3.34. The Balaban J connectivity index is 2.55. The van der Waals surface area contributed by atoms with Crippen molar-refractivity contribution < 1.29 is 19.4 Å². The first-order valence-corrected chi connectivity index (χ1v) is 4.47. The molecule has 1 aromatic heterocycles. The topological polar surface area (TPSA) is 73.6 Å². The molecule has 0 amide bonds. The number of nitrogens with zero attached hydrogens (tertiary/aromatic N) is 2. The maximum atomic E-state index is 10.8. The number of hydrogen-bond donors (Lipinski definition) is 1. The third-order valence-corrected chi connectivity index (χ3v) is 1.81. The number of rotatable bonds is 6. The van der Waals surface area contributed by atoms with Gasteiger partial charge in [-0.05, 0) is 0 Å². The third-order valence-electron chi connectivity index (χ3n) is 1.81. The lowest BCUT2D eigenvalue weighted by Crippen LogP contribution is -2.05. The summed E-state index contributed by atoms with van der Waals surface area (Å²) >= 11 is 0. The highest BCUT2D eigenvalue weighted by Crippen LogP contribution is 2.07. The van der Waals surface area contributed by atoms with Crippen molar-refractivity contribution >= 4 is 5.97 Å². The van der Waals surface area contributed by atoms with Gasteiger partial charge in [0.15, 0.2) is 0 Å². The predicted molar refractivity (Wildman–Crippen MR) is 51.7 cm³/mol. The molecule has 1 rings (SSSR count). The summed E-state index contributed by atoms with van der Waals surface area (Å²) in [6, 6.07) is 0. The standard InChI is InChI=1S/C9H14N2O4/c1-11-5-7(9(12)13)8(10-11)6-15-4-3-14-2/h5H,3-4,6H2,1-2H3,(H,12,13). The highest BCUT2D eigenvalue weighted by molar-refractivity contribution is 5.88. The summed E-state index contributed by atoms with van der Waals surface area (Å²) in [7, 11) is 3.25. The molecule has 0 atom stereocenters. The van der Waals surface area contributed by atoms with Crippen LogP contribution in [0.5, 0.6) is 0 Å². The molecule has 1 heterocycles. The highest BCUT2D eigenvalue weighted by atomic mass is 16.5. The van der Waals surface area contributed by atoms with Crippen LogP contribution in [0.15, 0.2) is 6.20 Å². The van der Waals surface area contributed by atoms with Crippen LogP contribution in [-0.4, -0.2) is 41.2 Å². The second kappa shape index (κ2) is 5.47. The van der Waals surface area contributed by atoms with E-state index in [1.807, 2.05) is 0 Å². The maximum Gasteiger partial charge on any atom is 0.339 e. The smallest absolute Gasteiger partial charge is 0.339 e. The summed E-state index contributed by atoms with van der Waals surface area (Å²) < 4.78 is 11.5. The van der Waals surface area contributed by atoms with E-state index in [1.54, 1.807) is 14.2 Å². The molecule has 1 aromatic rings. The molecule has 0 radical (unpaired) electrons. The molecule has 0 bridgehead atoms. The molecule has 15 heavy (non-hydrogen) atoms. The zero-order valence-electron chi connectivity index (χ0n) is 8.77. The number of carboxylic acid groups (broad SMARTS) is 1. The Morgan fingerprint density at radius 2 is 2.33 bits per heavy atom. The van der Waals surface area contributed by atoms with Crippen molar-refractivity contribution in [2.45, 2.75) is 6.61 Å². The van der Waals surface area contributed by atoms with E-state index in [1.165, 1.54) is 10.9 Å². The number of methoxy groups -OCH3 is 1. The van der Waals surface area contributed by atoms with Gasteiger partial charge in [0.25, 0.3) is 0 Å². The number of aromatic carboxylic acids is 1. The Labute approximate surface area is 87.4 Å². The van der Waals surface area contributed by atoms with Gasteiger partial charge in [0.2, 0.25) is 0 Å². The molecular formula is C9H14N2O4. The summed E-state index contributed by atoms with van der Waals surface area (Å²) in [5.41, 5.74) is 0.607.